The van der Waals surface area contributed by atoms with Gasteiger partial charge in [0.25, 0.3) is 0 Å². The average Bonchev–Trinajstić information content (AvgIpc) is 3.16. The molecule has 0 bridgehead atoms. The van der Waals surface area contributed by atoms with Gasteiger partial charge in [0.05, 0.1) is 5.69 Å². The van der Waals surface area contributed by atoms with E-state index in [0.29, 0.717) is 23.2 Å². The molecule has 3 aromatic rings. The predicted octanol–water partition coefficient (Wildman–Crippen LogP) is 7.03. The molecule has 1 heterocycles. The summed E-state index contributed by atoms with van der Waals surface area (Å²) in [5.74, 6) is -0.883. The molecule has 1 amide bonds. The van der Waals surface area contributed by atoms with Gasteiger partial charge in [0, 0.05) is 33.3 Å². The fourth-order valence-corrected chi connectivity index (χ4v) is 4.00. The van der Waals surface area contributed by atoms with Crippen LogP contribution in [0, 0.1) is 11.8 Å². The molecule has 1 aromatic heterocycles. The molecule has 32 heavy (non-hydrogen) atoms. The molecule has 4 rings (SSSR count). The van der Waals surface area contributed by atoms with Crippen LogP contribution in [0.15, 0.2) is 83.6 Å². The minimum absolute atomic E-state index is 0.0405. The second-order valence-corrected chi connectivity index (χ2v) is 7.54. The zero-order chi connectivity index (χ0) is 22.9. The first-order chi connectivity index (χ1) is 15.3. The molecule has 4 nitrogen and oxygen atoms in total. The Morgan fingerprint density at radius 2 is 1.78 bits per heavy atom. The number of hydrogen-bond acceptors (Lipinski definition) is 2. The Morgan fingerprint density at radius 1 is 1.03 bits per heavy atom. The van der Waals surface area contributed by atoms with E-state index in [1.807, 2.05) is 54.0 Å². The van der Waals surface area contributed by atoms with Crippen molar-refractivity contribution in [1.29, 1.82) is 0 Å². The highest BCUT2D eigenvalue weighted by Crippen LogP contribution is 2.39. The average molecular weight is 436 g/mol. The molecule has 0 spiro atoms. The molecule has 0 saturated carbocycles. The molecular formula is C25H19F3N2O2. The van der Waals surface area contributed by atoms with Crippen LogP contribution in [-0.4, -0.2) is 16.7 Å². The number of allylic oxidation sites excluding steroid dienone is 4. The highest BCUT2D eigenvalue weighted by molar-refractivity contribution is 5.95. The van der Waals surface area contributed by atoms with Crippen molar-refractivity contribution in [2.75, 3.05) is 0 Å². The summed E-state index contributed by atoms with van der Waals surface area (Å²) in [6.07, 6.45) is -1.08. The summed E-state index contributed by atoms with van der Waals surface area (Å²) in [5, 5.41) is 2.48. The lowest BCUT2D eigenvalue weighted by molar-refractivity contribution is -0.0939. The van der Waals surface area contributed by atoms with Crippen LogP contribution < -0.4 is 0 Å². The Bertz CT molecular complexity index is 1250. The molecule has 1 aliphatic rings. The largest absolute Gasteiger partial charge is 0.412 e. The topological polar surface area (TPSA) is 51.4 Å². The Kier molecular flexibility index (Phi) is 5.65. The van der Waals surface area contributed by atoms with Gasteiger partial charge in [-0.25, -0.2) is 0 Å². The first-order valence-electron chi connectivity index (χ1n) is 10.0. The summed E-state index contributed by atoms with van der Waals surface area (Å²) in [4.78, 5) is 22.5. The smallest absolute Gasteiger partial charge is 0.313 e. The number of alkyl halides is 3. The van der Waals surface area contributed by atoms with E-state index in [9.17, 15) is 22.9 Å². The van der Waals surface area contributed by atoms with E-state index in [-0.39, 0.29) is 12.0 Å². The third kappa shape index (κ3) is 4.06. The van der Waals surface area contributed by atoms with Crippen LogP contribution in [0.2, 0.25) is 0 Å². The van der Waals surface area contributed by atoms with Crippen molar-refractivity contribution in [3.8, 4) is 16.9 Å². The fourth-order valence-electron chi connectivity index (χ4n) is 4.00. The highest BCUT2D eigenvalue weighted by Gasteiger charge is 2.34. The zero-order valence-corrected chi connectivity index (χ0v) is 17.2. The normalized spacial score (nSPS) is 14.0. The Hall–Kier alpha value is -3.74. The number of rotatable bonds is 4. The van der Waals surface area contributed by atoms with Crippen molar-refractivity contribution in [1.82, 2.24) is 4.57 Å². The molecule has 0 aliphatic heterocycles. The van der Waals surface area contributed by atoms with Crippen LogP contribution in [0.3, 0.4) is 0 Å². The second kappa shape index (κ2) is 8.42. The van der Waals surface area contributed by atoms with Gasteiger partial charge in [-0.3, -0.25) is 4.79 Å². The maximum Gasteiger partial charge on any atom is 0.412 e. The van der Waals surface area contributed by atoms with Gasteiger partial charge in [-0.1, -0.05) is 42.5 Å². The van der Waals surface area contributed by atoms with E-state index in [2.05, 4.69) is 5.18 Å². The van der Waals surface area contributed by atoms with Gasteiger partial charge < -0.3 is 4.57 Å². The van der Waals surface area contributed by atoms with Gasteiger partial charge in [0.15, 0.2) is 0 Å². The fraction of sp³-hybridized carbons (Fsp3) is 0.160. The van der Waals surface area contributed by atoms with Gasteiger partial charge in [-0.05, 0) is 61.2 Å². The molecule has 1 aliphatic carbocycles. The van der Waals surface area contributed by atoms with Crippen LogP contribution in [0.25, 0.3) is 22.5 Å². The lowest BCUT2D eigenvalue weighted by atomic mass is 9.94. The van der Waals surface area contributed by atoms with Gasteiger partial charge >= 0.3 is 12.1 Å². The summed E-state index contributed by atoms with van der Waals surface area (Å²) in [5.41, 5.74) is 3.74. The molecular weight excluding hydrogens is 417 g/mol. The van der Waals surface area contributed by atoms with Crippen molar-refractivity contribution in [3.63, 3.8) is 0 Å². The van der Waals surface area contributed by atoms with E-state index < -0.39 is 17.7 Å². The molecule has 162 valence electrons. The number of carbonyl (C=O) groups excluding carboxylic acids is 1. The molecule has 0 atom stereocenters. The molecule has 0 N–H and O–H groups in total. The van der Waals surface area contributed by atoms with E-state index >= 15 is 0 Å². The summed E-state index contributed by atoms with van der Waals surface area (Å²) in [7, 11) is 0. The Labute approximate surface area is 182 Å². The highest BCUT2D eigenvalue weighted by atomic mass is 19.4. The predicted molar refractivity (Wildman–Crippen MR) is 117 cm³/mol. The number of amides is 1. The summed E-state index contributed by atoms with van der Waals surface area (Å²) in [6.45, 7) is 1.82. The van der Waals surface area contributed by atoms with Crippen molar-refractivity contribution in [3.05, 3.63) is 100 Å². The maximum absolute atomic E-state index is 13.3. The molecule has 0 unspecified atom stereocenters. The Morgan fingerprint density at radius 3 is 2.47 bits per heavy atom. The first-order valence-corrected chi connectivity index (χ1v) is 10.0. The molecule has 0 fully saturated rings. The monoisotopic (exact) mass is 436 g/mol. The maximum atomic E-state index is 13.3. The van der Waals surface area contributed by atoms with Crippen molar-refractivity contribution in [2.45, 2.75) is 25.9 Å². The van der Waals surface area contributed by atoms with E-state index in [1.165, 1.54) is 12.1 Å². The first kappa shape index (κ1) is 21.5. The van der Waals surface area contributed by atoms with Crippen molar-refractivity contribution < 1.29 is 18.0 Å². The standard InChI is InChI=1S/C25H19F3N2O2/c1-16-22(18-9-5-11-20(13-18)25(26,27)28)15-23(17-7-3-2-4-8-17)30(16)21-12-6-10-19(14-21)24(31)29-32/h2-4,6-10,12-15H,5,11H2,1H3. The van der Waals surface area contributed by atoms with Gasteiger partial charge in [0.1, 0.15) is 0 Å². The van der Waals surface area contributed by atoms with Crippen molar-refractivity contribution >= 4 is 11.5 Å². The van der Waals surface area contributed by atoms with Crippen LogP contribution >= 0.6 is 0 Å². The molecule has 2 aromatic carbocycles. The SMILES string of the molecule is Cc1c(C2=CCCC(C(F)(F)F)=C2)cc(-c2ccccc2)n1-c1cccc(C(=O)N=O)c1. The van der Waals surface area contributed by atoms with Crippen LogP contribution in [0.1, 0.15) is 34.5 Å². The number of nitroso groups, excluding NO2 is 1. The van der Waals surface area contributed by atoms with Gasteiger partial charge in [-0.15, -0.1) is 4.91 Å². The summed E-state index contributed by atoms with van der Waals surface area (Å²) < 4.78 is 41.9. The number of nitrogens with zero attached hydrogens (tertiary/aromatic N) is 2. The number of hydrogen-bond donors (Lipinski definition) is 0. The quantitative estimate of drug-likeness (QED) is 0.413. The van der Waals surface area contributed by atoms with Gasteiger partial charge in [0.2, 0.25) is 0 Å². The third-order valence-corrected chi connectivity index (χ3v) is 5.53. The minimum Gasteiger partial charge on any atom is -0.313 e. The lowest BCUT2D eigenvalue weighted by Gasteiger charge is -2.17. The van der Waals surface area contributed by atoms with E-state index in [1.54, 1.807) is 18.2 Å². The van der Waals surface area contributed by atoms with E-state index in [0.717, 1.165) is 17.0 Å². The summed E-state index contributed by atoms with van der Waals surface area (Å²) >= 11 is 0. The molecule has 0 saturated heterocycles. The Balaban J connectivity index is 1.92. The number of halogens is 3. The van der Waals surface area contributed by atoms with Gasteiger partial charge in [-0.2, -0.15) is 13.2 Å². The molecule has 7 heteroatoms. The number of benzene rings is 2. The van der Waals surface area contributed by atoms with Crippen LogP contribution in [0.4, 0.5) is 13.2 Å². The van der Waals surface area contributed by atoms with Crippen LogP contribution in [-0.2, 0) is 0 Å². The van der Waals surface area contributed by atoms with Crippen LogP contribution in [0.5, 0.6) is 0 Å². The molecule has 0 radical (unpaired) electrons. The third-order valence-electron chi connectivity index (χ3n) is 5.53. The minimum atomic E-state index is -4.37. The summed E-state index contributed by atoms with van der Waals surface area (Å²) in [6, 6.07) is 17.8. The van der Waals surface area contributed by atoms with Crippen molar-refractivity contribution in [2.24, 2.45) is 5.18 Å². The number of carbonyl (C=O) groups is 1. The van der Waals surface area contributed by atoms with E-state index in [4.69, 9.17) is 0 Å². The lowest BCUT2D eigenvalue weighted by Crippen LogP contribution is -2.13. The zero-order valence-electron chi connectivity index (χ0n) is 17.2. The second-order valence-electron chi connectivity index (χ2n) is 7.54. The number of aromatic nitrogens is 1.